The van der Waals surface area contributed by atoms with Crippen molar-refractivity contribution < 1.29 is 61.3 Å². The van der Waals surface area contributed by atoms with Crippen molar-refractivity contribution in [3.8, 4) is 34.5 Å². The van der Waals surface area contributed by atoms with E-state index in [-0.39, 0.29) is 28.7 Å². The summed E-state index contributed by atoms with van der Waals surface area (Å²) in [7, 11) is 0. The number of halogens is 10. The van der Waals surface area contributed by atoms with Crippen LogP contribution in [0, 0.1) is 61.2 Å². The molecule has 10 rings (SSSR count). The van der Waals surface area contributed by atoms with Gasteiger partial charge in [-0.2, -0.15) is 0 Å². The fourth-order valence-electron chi connectivity index (χ4n) is 12.7. The Morgan fingerprint density at radius 2 is 0.627 bits per heavy atom. The summed E-state index contributed by atoms with van der Waals surface area (Å²) in [6, 6.07) is 63.1. The van der Waals surface area contributed by atoms with Gasteiger partial charge in [0.2, 0.25) is 0 Å². The minimum absolute atomic E-state index is 0.0548. The second kappa shape index (κ2) is 75.5. The van der Waals surface area contributed by atoms with E-state index in [1.807, 2.05) is 106 Å². The van der Waals surface area contributed by atoms with Gasteiger partial charge in [-0.25, -0.2) is 0 Å². The average molecular weight is 2660 g/mol. The highest BCUT2D eigenvalue weighted by atomic mass is 131. The van der Waals surface area contributed by atoms with Gasteiger partial charge in [0.15, 0.2) is 11.5 Å². The van der Waals surface area contributed by atoms with Crippen LogP contribution in [-0.2, 0) is 25.7 Å². The van der Waals surface area contributed by atoms with Gasteiger partial charge in [-0.1, -0.05) is 190 Å². The van der Waals surface area contributed by atoms with Crippen molar-refractivity contribution >= 4 is 230 Å². The molecule has 0 unspecified atom stereocenters. The van der Waals surface area contributed by atoms with Gasteiger partial charge >= 0.3 is 0 Å². The Bertz CT molecular complexity index is 5570. The van der Waals surface area contributed by atoms with Crippen LogP contribution in [0.5, 0.6) is 34.5 Å². The van der Waals surface area contributed by atoms with E-state index in [1.54, 1.807) is 103 Å². The zero-order chi connectivity index (χ0) is 107. The highest BCUT2D eigenvalue weighted by Gasteiger charge is 2.17. The first-order valence-electron chi connectivity index (χ1n) is 46.1. The molecule has 772 valence electrons. The molecule has 0 aliphatic heterocycles. The minimum Gasteiger partial charge on any atom is -0.508 e. The lowest BCUT2D eigenvalue weighted by molar-refractivity contribution is 0.168. The molecule has 22 N–H and O–H groups in total. The number of aliphatic hydroxyl groups excluding tert-OH is 6. The second-order valence-corrected chi connectivity index (χ2v) is 43.7. The number of aromatic hydroxyl groups is 6. The molecule has 10 aromatic carbocycles. The number of aliphatic hydroxyl groups is 6. The lowest BCUT2D eigenvalue weighted by Gasteiger charge is -2.12. The molecule has 0 bridgehead atoms. The normalized spacial score (nSPS) is 11.6. The maximum Gasteiger partial charge on any atom is 0.160 e. The van der Waals surface area contributed by atoms with Crippen LogP contribution in [0.3, 0.4) is 0 Å². The molecule has 0 heterocycles. The Balaban J connectivity index is 0.000000789. The van der Waals surface area contributed by atoms with Crippen LogP contribution in [0.4, 0.5) is 0 Å². The van der Waals surface area contributed by atoms with Crippen molar-refractivity contribution in [2.24, 2.45) is 0 Å². The molecule has 0 saturated heterocycles. The molecule has 32 heteroatoms. The highest BCUT2D eigenvalue weighted by molar-refractivity contribution is 14.1. The average Bonchev–Trinajstić information content (AvgIpc) is 0.779. The summed E-state index contributed by atoms with van der Waals surface area (Å²) < 4.78 is 9.43. The number of rotatable bonds is 40. The lowest BCUT2D eigenvalue weighted by Crippen LogP contribution is -2.01. The summed E-state index contributed by atoms with van der Waals surface area (Å²) in [5.74, 6) is 0.556. The van der Waals surface area contributed by atoms with Crippen LogP contribution in [0.25, 0.3) is 0 Å². The summed E-state index contributed by atoms with van der Waals surface area (Å²) in [6.07, 6.45) is 14.8. The van der Waals surface area contributed by atoms with Crippen LogP contribution in [-0.4, -0.2) is 118 Å². The molecular weight excluding hydrogens is 2520 g/mol. The number of aryl methyl sites for hydroxylation is 4. The summed E-state index contributed by atoms with van der Waals surface area (Å²) in [6.45, 7) is 17.7. The number of hydrogen-bond acceptors (Lipinski definition) is 22. The third-order valence-corrected chi connectivity index (χ3v) is 27.1. The molecule has 0 radical (unpaired) electrons. The topological polar surface area (TPSA) is 481 Å². The third kappa shape index (κ3) is 64.0. The molecule has 22 nitrogen and oxygen atoms in total. The molecule has 0 saturated carbocycles. The van der Waals surface area contributed by atoms with Gasteiger partial charge in [-0.15, -0.1) is 0 Å². The standard InChI is InChI=1S/4C11H14BrNO2.3C11H14BrNO.C11H14BrN.C11H14INO.C11H14IN/c1-7(13)2-5-11(15)9-6-8(14)3-4-10(9)12;1-7(13)2-5-10(14)8-3-4-9(12)11(15)6-8;1-7(13)2-3-11(15)8-4-9(12)6-10(14)5-8;1-7(13)3-2-4-8-5-9(12)6-10(14)11(8)15;1-8(13)2-7-11(14)9-3-5-10(12)6-4-9;1-8(13)5-6-11(14)9-3-2-4-10(12)7-9;1-8(13)6-7-11(14)9-4-2-3-5-10(9)12;1-9(13)5-4-7-10-6-2-3-8-11(10)12;1-8(13)3-2-4-9-7-10(14)5-6-11(9)12;1-9(13)3-2-4-10-5-7-11(12)8-6-10/h3-4,6,11,13-15H,2,5H2,1H3;3-4,6,10,13-15H,2,5H2,1H3;4-6,11,13-15H,2-3H2,1H3;5-6,13-15H,2-4H2,1H3;3-6,11,13-14H,2,7H2,1H3;2-4,7,11,13-14H,5-6H2,1H3;2-5,11,13-14H,6-7H2,1H3;2-3,6,8,13H,4-5,7H2,1H3;5-7,13-14H,2-4H2,1H3;5-8,13H,2-4H2,1H3/t11-;10-;11-;;3*11-;;;/m000.000.../s1/i8*12-4;2*12+4. The summed E-state index contributed by atoms with van der Waals surface area (Å²) in [5, 5.41) is 188. The van der Waals surface area contributed by atoms with Gasteiger partial charge in [0.25, 0.3) is 0 Å². The SMILES string of the molecule is CC(=N)CCCc1cc(O)ccc1[131I].CC(=N)CCCc1cc([76Br])cc(O)c1O.CC(=N)CCCc1ccc([131I])cc1.CC(=N)CCCc1ccccc1[76Br].CC(=N)CC[C@H](O)c1cc(O)cc([76Br])c1.CC(=N)CC[C@H](O)c1cc(O)ccc1[76Br].CC(=N)CC[C@H](O)c1ccc([76Br])c(O)c1.CC(=N)CC[C@H](O)c1ccc([76Br])cc1.CC(=N)CC[C@H](O)c1cccc([76Br])c1.CC(=N)CC[C@H](O)c1ccccc1[76Br]. The molecule has 142 heavy (non-hydrogen) atoms. The zero-order valence-corrected chi connectivity index (χ0v) is 99.2. The summed E-state index contributed by atoms with van der Waals surface area (Å²) >= 11 is 31.2. The predicted octanol–water partition coefficient (Wildman–Crippen LogP) is 33.0. The first kappa shape index (κ1) is 133. The number of nitrogens with one attached hydrogen (secondary N) is 10. The quantitative estimate of drug-likeness (QED) is 0.00968. The number of phenols is 6. The predicted molar refractivity (Wildman–Crippen MR) is 632 cm³/mol. The van der Waals surface area contributed by atoms with Crippen LogP contribution in [0.15, 0.2) is 242 Å². The van der Waals surface area contributed by atoms with Gasteiger partial charge in [0.1, 0.15) is 23.0 Å². The molecular formula is C110H140Br8I2N10O12. The summed E-state index contributed by atoms with van der Waals surface area (Å²) in [4.78, 5) is 0. The Morgan fingerprint density at radius 1 is 0.254 bits per heavy atom. The van der Waals surface area contributed by atoms with Crippen molar-refractivity contribution in [1.29, 1.82) is 54.1 Å². The molecule has 0 aromatic heterocycles. The van der Waals surface area contributed by atoms with E-state index in [1.165, 1.54) is 52.6 Å². The molecule has 6 atom stereocenters. The lowest BCUT2D eigenvalue weighted by atomic mass is 10.0. The van der Waals surface area contributed by atoms with Gasteiger partial charge < -0.3 is 115 Å². The Labute approximate surface area is 934 Å². The number of hydrogen-bond donors (Lipinski definition) is 22. The maximum absolute atomic E-state index is 9.84. The van der Waals surface area contributed by atoms with E-state index in [2.05, 4.69) is 215 Å². The Hall–Kier alpha value is -7.24. The van der Waals surface area contributed by atoms with Crippen molar-refractivity contribution in [3.05, 3.63) is 305 Å². The van der Waals surface area contributed by atoms with Gasteiger partial charge in [0, 0.05) is 95.6 Å². The molecule has 0 spiro atoms. The van der Waals surface area contributed by atoms with E-state index < -0.39 is 36.6 Å². The molecule has 0 aliphatic carbocycles. The largest absolute Gasteiger partial charge is 0.508 e. The van der Waals surface area contributed by atoms with Crippen LogP contribution in [0.2, 0.25) is 0 Å². The first-order valence-corrected chi connectivity index (χ1v) is 54.6. The molecule has 0 amide bonds. The molecule has 0 fully saturated rings. The van der Waals surface area contributed by atoms with E-state index in [0.29, 0.717) is 162 Å². The van der Waals surface area contributed by atoms with E-state index in [4.69, 9.17) is 54.1 Å². The fraction of sp³-hybridized carbons (Fsp3) is 0.364. The number of benzene rings is 10. The maximum atomic E-state index is 9.84. The minimum atomic E-state index is -0.647. The van der Waals surface area contributed by atoms with Gasteiger partial charge in [-0.3, -0.25) is 0 Å². The molecule has 0 aliphatic rings. The fourth-order valence-corrected chi connectivity index (χ4v) is 17.1. The van der Waals surface area contributed by atoms with Gasteiger partial charge in [0.05, 0.1) is 41.1 Å². The first-order chi connectivity index (χ1) is 66.8. The second-order valence-electron chi connectivity index (χ2n) is 34.3. The summed E-state index contributed by atoms with van der Waals surface area (Å²) in [5.41, 5.74) is 15.7. The smallest absolute Gasteiger partial charge is 0.160 e. The molecule has 10 aromatic rings. The van der Waals surface area contributed by atoms with Crippen molar-refractivity contribution in [1.82, 2.24) is 0 Å². The highest BCUT2D eigenvalue weighted by Crippen LogP contribution is 2.36. The zero-order valence-electron chi connectivity index (χ0n) is 82.2. The van der Waals surface area contributed by atoms with Crippen LogP contribution < -0.4 is 0 Å². The van der Waals surface area contributed by atoms with Crippen LogP contribution >= 0.6 is 173 Å². The van der Waals surface area contributed by atoms with Crippen LogP contribution in [0.1, 0.15) is 290 Å². The van der Waals surface area contributed by atoms with E-state index in [9.17, 15) is 61.3 Å². The Kier molecular flexibility index (Phi) is 70.5. The van der Waals surface area contributed by atoms with E-state index in [0.717, 1.165) is 125 Å². The van der Waals surface area contributed by atoms with E-state index >= 15 is 0 Å². The monoisotopic (exact) mass is 2660 g/mol. The Morgan fingerprint density at radius 3 is 1.08 bits per heavy atom. The third-order valence-electron chi connectivity index (χ3n) is 20.5. The number of phenolic OH excluding ortho intramolecular Hbond substituents is 6. The van der Waals surface area contributed by atoms with Gasteiger partial charge in [-0.05, 0) is 467 Å². The van der Waals surface area contributed by atoms with Crippen molar-refractivity contribution in [3.63, 3.8) is 0 Å². The van der Waals surface area contributed by atoms with Crippen molar-refractivity contribution in [2.75, 3.05) is 0 Å². The van der Waals surface area contributed by atoms with Crippen molar-refractivity contribution in [2.45, 2.75) is 260 Å².